The van der Waals surface area contributed by atoms with Crippen LogP contribution in [0.3, 0.4) is 0 Å². The molecule has 5 heteroatoms. The van der Waals surface area contributed by atoms with Gasteiger partial charge in [0, 0.05) is 12.6 Å². The molecule has 1 rings (SSSR count). The van der Waals surface area contributed by atoms with Crippen LogP contribution in [0.1, 0.15) is 36.0 Å². The zero-order valence-corrected chi connectivity index (χ0v) is 8.99. The SMILES string of the molecule is Cc1cc(C(=O)NCCCC(C)O)on1. The van der Waals surface area contributed by atoms with Gasteiger partial charge in [0.15, 0.2) is 0 Å². The van der Waals surface area contributed by atoms with E-state index in [1.54, 1.807) is 19.9 Å². The second-order valence-corrected chi connectivity index (χ2v) is 3.58. The van der Waals surface area contributed by atoms with Crippen molar-refractivity contribution in [1.82, 2.24) is 10.5 Å². The third-order valence-corrected chi connectivity index (χ3v) is 1.94. The fraction of sp³-hybridized carbons (Fsp3) is 0.600. The molecule has 1 heterocycles. The molecule has 84 valence electrons. The summed E-state index contributed by atoms with van der Waals surface area (Å²) in [5.41, 5.74) is 0.684. The van der Waals surface area contributed by atoms with Crippen molar-refractivity contribution in [2.45, 2.75) is 32.8 Å². The van der Waals surface area contributed by atoms with Gasteiger partial charge >= 0.3 is 0 Å². The van der Waals surface area contributed by atoms with Gasteiger partial charge in [0.25, 0.3) is 5.91 Å². The maximum Gasteiger partial charge on any atom is 0.289 e. The minimum absolute atomic E-state index is 0.226. The second kappa shape index (κ2) is 5.50. The Kier molecular flexibility index (Phi) is 4.30. The van der Waals surface area contributed by atoms with Crippen molar-refractivity contribution in [3.8, 4) is 0 Å². The zero-order chi connectivity index (χ0) is 11.3. The number of carbonyl (C=O) groups excluding carboxylic acids is 1. The van der Waals surface area contributed by atoms with Gasteiger partial charge in [-0.3, -0.25) is 4.79 Å². The topological polar surface area (TPSA) is 75.4 Å². The monoisotopic (exact) mass is 212 g/mol. The number of amides is 1. The van der Waals surface area contributed by atoms with E-state index in [0.29, 0.717) is 18.7 Å². The summed E-state index contributed by atoms with van der Waals surface area (Å²) in [4.78, 5) is 11.4. The van der Waals surface area contributed by atoms with Crippen molar-refractivity contribution >= 4 is 5.91 Å². The maximum atomic E-state index is 11.4. The van der Waals surface area contributed by atoms with Gasteiger partial charge in [-0.25, -0.2) is 0 Å². The molecule has 0 aliphatic rings. The number of hydrogen-bond acceptors (Lipinski definition) is 4. The summed E-state index contributed by atoms with van der Waals surface area (Å²) in [6.07, 6.45) is 1.10. The largest absolute Gasteiger partial charge is 0.393 e. The minimum atomic E-state index is -0.325. The van der Waals surface area contributed by atoms with Crippen LogP contribution in [0.5, 0.6) is 0 Å². The fourth-order valence-corrected chi connectivity index (χ4v) is 1.16. The van der Waals surface area contributed by atoms with E-state index in [0.717, 1.165) is 6.42 Å². The van der Waals surface area contributed by atoms with E-state index in [-0.39, 0.29) is 17.8 Å². The molecule has 0 spiro atoms. The van der Waals surface area contributed by atoms with E-state index in [2.05, 4.69) is 10.5 Å². The summed E-state index contributed by atoms with van der Waals surface area (Å²) in [5.74, 6) is -0.0364. The minimum Gasteiger partial charge on any atom is -0.393 e. The van der Waals surface area contributed by atoms with Crippen LogP contribution in [0.4, 0.5) is 0 Å². The van der Waals surface area contributed by atoms with Gasteiger partial charge in [0.05, 0.1) is 11.8 Å². The highest BCUT2D eigenvalue weighted by Gasteiger charge is 2.10. The van der Waals surface area contributed by atoms with Gasteiger partial charge in [-0.15, -0.1) is 0 Å². The van der Waals surface area contributed by atoms with Crippen LogP contribution in [0, 0.1) is 6.92 Å². The molecule has 0 aliphatic heterocycles. The van der Waals surface area contributed by atoms with Crippen molar-refractivity contribution in [2.24, 2.45) is 0 Å². The number of aromatic nitrogens is 1. The number of rotatable bonds is 5. The molecule has 1 atom stereocenters. The molecule has 1 aromatic rings. The standard InChI is InChI=1S/C10H16N2O3/c1-7-6-9(15-12-7)10(14)11-5-3-4-8(2)13/h6,8,13H,3-5H2,1-2H3,(H,11,14). The number of nitrogens with zero attached hydrogens (tertiary/aromatic N) is 1. The fourth-order valence-electron chi connectivity index (χ4n) is 1.16. The molecule has 0 aromatic carbocycles. The summed E-state index contributed by atoms with van der Waals surface area (Å²) in [6.45, 7) is 4.01. The van der Waals surface area contributed by atoms with Crippen molar-refractivity contribution in [2.75, 3.05) is 6.54 Å². The lowest BCUT2D eigenvalue weighted by molar-refractivity contribution is 0.0913. The Morgan fingerprint density at radius 1 is 1.73 bits per heavy atom. The number of nitrogens with one attached hydrogen (secondary N) is 1. The summed E-state index contributed by atoms with van der Waals surface area (Å²) in [7, 11) is 0. The predicted molar refractivity (Wildman–Crippen MR) is 54.5 cm³/mol. The Morgan fingerprint density at radius 2 is 2.47 bits per heavy atom. The normalized spacial score (nSPS) is 12.5. The van der Waals surface area contributed by atoms with Gasteiger partial charge in [0.1, 0.15) is 0 Å². The Hall–Kier alpha value is -1.36. The second-order valence-electron chi connectivity index (χ2n) is 3.58. The average molecular weight is 212 g/mol. The first-order valence-electron chi connectivity index (χ1n) is 4.99. The molecular formula is C10H16N2O3. The molecule has 0 aliphatic carbocycles. The molecule has 1 unspecified atom stereocenters. The maximum absolute atomic E-state index is 11.4. The van der Waals surface area contributed by atoms with Crippen LogP contribution in [0.15, 0.2) is 10.6 Å². The van der Waals surface area contributed by atoms with Crippen molar-refractivity contribution in [3.05, 3.63) is 17.5 Å². The molecule has 2 N–H and O–H groups in total. The smallest absolute Gasteiger partial charge is 0.289 e. The van der Waals surface area contributed by atoms with Gasteiger partial charge in [0.2, 0.25) is 5.76 Å². The Labute approximate surface area is 88.5 Å². The number of aliphatic hydroxyl groups excluding tert-OH is 1. The van der Waals surface area contributed by atoms with Crippen LogP contribution in [-0.4, -0.2) is 28.8 Å². The summed E-state index contributed by atoms with van der Waals surface area (Å²) in [6, 6.07) is 1.59. The lowest BCUT2D eigenvalue weighted by Crippen LogP contribution is -2.24. The van der Waals surface area contributed by atoms with E-state index in [1.807, 2.05) is 0 Å². The first-order chi connectivity index (χ1) is 7.09. The molecule has 0 radical (unpaired) electrons. The molecular weight excluding hydrogens is 196 g/mol. The van der Waals surface area contributed by atoms with Crippen molar-refractivity contribution < 1.29 is 14.4 Å². The molecule has 0 saturated heterocycles. The van der Waals surface area contributed by atoms with Crippen LogP contribution in [0.2, 0.25) is 0 Å². The quantitative estimate of drug-likeness (QED) is 0.710. The zero-order valence-electron chi connectivity index (χ0n) is 8.99. The molecule has 0 fully saturated rings. The Bertz CT molecular complexity index is 320. The van der Waals surface area contributed by atoms with E-state index in [1.165, 1.54) is 0 Å². The highest BCUT2D eigenvalue weighted by molar-refractivity contribution is 5.91. The van der Waals surface area contributed by atoms with Crippen molar-refractivity contribution in [1.29, 1.82) is 0 Å². The number of carbonyl (C=O) groups is 1. The number of aliphatic hydroxyl groups is 1. The first kappa shape index (κ1) is 11.7. The Balaban J connectivity index is 2.25. The van der Waals surface area contributed by atoms with Crippen LogP contribution >= 0.6 is 0 Å². The summed E-state index contributed by atoms with van der Waals surface area (Å²) in [5, 5.41) is 15.3. The van der Waals surface area contributed by atoms with E-state index < -0.39 is 0 Å². The summed E-state index contributed by atoms with van der Waals surface area (Å²) >= 11 is 0. The Morgan fingerprint density at radius 3 is 3.00 bits per heavy atom. The van der Waals surface area contributed by atoms with Gasteiger partial charge in [-0.05, 0) is 26.7 Å². The molecule has 15 heavy (non-hydrogen) atoms. The highest BCUT2D eigenvalue weighted by atomic mass is 16.5. The average Bonchev–Trinajstić information content (AvgIpc) is 2.59. The van der Waals surface area contributed by atoms with Crippen LogP contribution in [0.25, 0.3) is 0 Å². The highest BCUT2D eigenvalue weighted by Crippen LogP contribution is 2.01. The van der Waals surface area contributed by atoms with Gasteiger partial charge < -0.3 is 14.9 Å². The third-order valence-electron chi connectivity index (χ3n) is 1.94. The van der Waals surface area contributed by atoms with Crippen LogP contribution in [-0.2, 0) is 0 Å². The number of aryl methyl sites for hydroxylation is 1. The van der Waals surface area contributed by atoms with Gasteiger partial charge in [-0.2, -0.15) is 0 Å². The molecule has 1 aromatic heterocycles. The third kappa shape index (κ3) is 4.12. The summed E-state index contributed by atoms with van der Waals surface area (Å²) < 4.78 is 4.79. The molecule has 0 saturated carbocycles. The lowest BCUT2D eigenvalue weighted by Gasteiger charge is -2.04. The van der Waals surface area contributed by atoms with E-state index in [4.69, 9.17) is 9.63 Å². The van der Waals surface area contributed by atoms with E-state index in [9.17, 15) is 4.79 Å². The predicted octanol–water partition coefficient (Wildman–Crippen LogP) is 0.874. The first-order valence-corrected chi connectivity index (χ1v) is 4.99. The molecule has 0 bridgehead atoms. The van der Waals surface area contributed by atoms with E-state index >= 15 is 0 Å². The molecule has 5 nitrogen and oxygen atoms in total. The van der Waals surface area contributed by atoms with Crippen molar-refractivity contribution in [3.63, 3.8) is 0 Å². The van der Waals surface area contributed by atoms with Crippen LogP contribution < -0.4 is 5.32 Å². The molecule has 1 amide bonds. The number of hydrogen-bond donors (Lipinski definition) is 2. The van der Waals surface area contributed by atoms with Gasteiger partial charge in [-0.1, -0.05) is 5.16 Å². The lowest BCUT2D eigenvalue weighted by atomic mass is 10.2.